The maximum absolute atomic E-state index is 11.5. The van der Waals surface area contributed by atoms with Crippen molar-refractivity contribution in [1.82, 2.24) is 0 Å². The molecule has 1 rings (SSSR count). The van der Waals surface area contributed by atoms with Crippen LogP contribution in [0.25, 0.3) is 0 Å². The fraction of sp³-hybridized carbons (Fsp3) is 0.333. The predicted molar refractivity (Wildman–Crippen MR) is 59.7 cm³/mol. The Balaban J connectivity index is 2.67. The lowest BCUT2D eigenvalue weighted by Crippen LogP contribution is -2.21. The molecule has 0 saturated heterocycles. The van der Waals surface area contributed by atoms with Crippen molar-refractivity contribution in [1.29, 1.82) is 0 Å². The number of carbonyl (C=O) groups excluding carboxylic acids is 1. The van der Waals surface area contributed by atoms with Crippen molar-refractivity contribution in [3.05, 3.63) is 35.4 Å². The minimum absolute atomic E-state index is 0.110. The van der Waals surface area contributed by atoms with Gasteiger partial charge in [0.25, 0.3) is 0 Å². The van der Waals surface area contributed by atoms with Crippen LogP contribution in [0.5, 0.6) is 0 Å². The van der Waals surface area contributed by atoms with Gasteiger partial charge in [0.2, 0.25) is 0 Å². The molecular formula is C12H14O5. The van der Waals surface area contributed by atoms with Crippen LogP contribution < -0.4 is 0 Å². The van der Waals surface area contributed by atoms with E-state index in [4.69, 9.17) is 9.99 Å². The summed E-state index contributed by atoms with van der Waals surface area (Å²) in [5.74, 6) is -1.70. The smallest absolute Gasteiger partial charge is 0.373 e. The Bertz CT molecular complexity index is 414. The first kappa shape index (κ1) is 13.2. The van der Waals surface area contributed by atoms with Crippen molar-refractivity contribution in [2.75, 3.05) is 0 Å². The van der Waals surface area contributed by atoms with Crippen LogP contribution in [0.3, 0.4) is 0 Å². The Morgan fingerprint density at radius 2 is 1.53 bits per heavy atom. The highest BCUT2D eigenvalue weighted by atomic mass is 17.2. The van der Waals surface area contributed by atoms with Crippen LogP contribution in [0, 0.1) is 0 Å². The fourth-order valence-electron chi connectivity index (χ4n) is 0.960. The molecule has 0 fully saturated rings. The molecule has 1 aromatic rings. The molecule has 0 spiro atoms. The second kappa shape index (κ2) is 4.97. The fourth-order valence-corrected chi connectivity index (χ4v) is 0.960. The summed E-state index contributed by atoms with van der Waals surface area (Å²) in [5, 5.41) is 8.68. The number of rotatable bonds is 3. The summed E-state index contributed by atoms with van der Waals surface area (Å²) in [6.45, 7) is 5.23. The van der Waals surface area contributed by atoms with E-state index < -0.39 is 17.5 Å². The molecule has 5 nitrogen and oxygen atoms in total. The summed E-state index contributed by atoms with van der Waals surface area (Å²) in [6.07, 6.45) is 0. The summed E-state index contributed by atoms with van der Waals surface area (Å²) in [6, 6.07) is 5.40. The molecule has 0 radical (unpaired) electrons. The number of aromatic carboxylic acids is 1. The van der Waals surface area contributed by atoms with E-state index >= 15 is 0 Å². The zero-order chi connectivity index (χ0) is 13.1. The Morgan fingerprint density at radius 3 is 1.94 bits per heavy atom. The lowest BCUT2D eigenvalue weighted by molar-refractivity contribution is -0.301. The van der Waals surface area contributed by atoms with Gasteiger partial charge in [-0.3, -0.25) is 4.89 Å². The number of hydrogen-bond donors (Lipinski definition) is 1. The maximum Gasteiger partial charge on any atom is 0.373 e. The Kier molecular flexibility index (Phi) is 3.85. The average molecular weight is 238 g/mol. The van der Waals surface area contributed by atoms with Gasteiger partial charge in [-0.15, -0.1) is 0 Å². The molecule has 92 valence electrons. The van der Waals surface area contributed by atoms with Gasteiger partial charge in [-0.25, -0.2) is 9.59 Å². The average Bonchev–Trinajstić information content (AvgIpc) is 2.25. The molecule has 0 amide bonds. The predicted octanol–water partition coefficient (Wildman–Crippen LogP) is 2.27. The number of hydrogen-bond acceptors (Lipinski definition) is 4. The van der Waals surface area contributed by atoms with E-state index in [2.05, 4.69) is 4.89 Å². The van der Waals surface area contributed by atoms with Gasteiger partial charge in [-0.2, -0.15) is 4.89 Å². The van der Waals surface area contributed by atoms with Crippen LogP contribution in [0.2, 0.25) is 0 Å². The number of carboxylic acid groups (broad SMARTS) is 1. The summed E-state index contributed by atoms with van der Waals surface area (Å²) < 4.78 is 0. The van der Waals surface area contributed by atoms with Crippen molar-refractivity contribution in [2.24, 2.45) is 0 Å². The molecule has 0 saturated carbocycles. The van der Waals surface area contributed by atoms with Crippen LogP contribution in [0.1, 0.15) is 41.5 Å². The molecule has 0 unspecified atom stereocenters. The molecule has 0 bridgehead atoms. The Morgan fingerprint density at radius 1 is 1.06 bits per heavy atom. The first-order chi connectivity index (χ1) is 7.79. The molecule has 0 atom stereocenters. The number of carboxylic acids is 1. The van der Waals surface area contributed by atoms with E-state index in [9.17, 15) is 9.59 Å². The normalized spacial score (nSPS) is 11.0. The summed E-state index contributed by atoms with van der Waals surface area (Å²) >= 11 is 0. The highest BCUT2D eigenvalue weighted by molar-refractivity contribution is 5.92. The number of benzene rings is 1. The largest absolute Gasteiger partial charge is 0.478 e. The lowest BCUT2D eigenvalue weighted by atomic mass is 10.1. The molecule has 0 aliphatic carbocycles. The van der Waals surface area contributed by atoms with Crippen molar-refractivity contribution in [3.63, 3.8) is 0 Å². The molecule has 1 N–H and O–H groups in total. The minimum atomic E-state index is -1.05. The van der Waals surface area contributed by atoms with E-state index in [-0.39, 0.29) is 11.1 Å². The topological polar surface area (TPSA) is 72.8 Å². The van der Waals surface area contributed by atoms with Gasteiger partial charge in [0.1, 0.15) is 5.60 Å². The first-order valence-corrected chi connectivity index (χ1v) is 5.03. The van der Waals surface area contributed by atoms with Gasteiger partial charge in [0.15, 0.2) is 0 Å². The van der Waals surface area contributed by atoms with Gasteiger partial charge < -0.3 is 5.11 Å². The van der Waals surface area contributed by atoms with Gasteiger partial charge >= 0.3 is 11.9 Å². The second-order valence-electron chi connectivity index (χ2n) is 4.45. The molecule has 0 aliphatic rings. The van der Waals surface area contributed by atoms with E-state index in [1.165, 1.54) is 24.3 Å². The van der Waals surface area contributed by atoms with Crippen molar-refractivity contribution >= 4 is 11.9 Å². The van der Waals surface area contributed by atoms with Crippen LogP contribution in [0.15, 0.2) is 24.3 Å². The molecule has 5 heteroatoms. The van der Waals surface area contributed by atoms with Crippen molar-refractivity contribution in [2.45, 2.75) is 26.4 Å². The van der Waals surface area contributed by atoms with Crippen molar-refractivity contribution in [3.8, 4) is 0 Å². The van der Waals surface area contributed by atoms with Crippen molar-refractivity contribution < 1.29 is 24.5 Å². The zero-order valence-corrected chi connectivity index (χ0v) is 9.89. The van der Waals surface area contributed by atoms with Crippen LogP contribution in [0.4, 0.5) is 0 Å². The zero-order valence-electron chi connectivity index (χ0n) is 9.89. The molecule has 1 aromatic carbocycles. The summed E-state index contributed by atoms with van der Waals surface area (Å²) in [5.41, 5.74) is -0.242. The summed E-state index contributed by atoms with van der Waals surface area (Å²) in [4.78, 5) is 31.5. The minimum Gasteiger partial charge on any atom is -0.478 e. The molecule has 0 aromatic heterocycles. The summed E-state index contributed by atoms with van der Waals surface area (Å²) in [7, 11) is 0. The Labute approximate surface area is 98.9 Å². The third-order valence-corrected chi connectivity index (χ3v) is 1.73. The van der Waals surface area contributed by atoms with E-state index in [1.807, 2.05) is 0 Å². The number of carbonyl (C=O) groups is 2. The van der Waals surface area contributed by atoms with E-state index in [1.54, 1.807) is 20.8 Å². The van der Waals surface area contributed by atoms with E-state index in [0.717, 1.165) is 0 Å². The molecule has 0 heterocycles. The highest BCUT2D eigenvalue weighted by Crippen LogP contribution is 2.11. The molecule has 0 aliphatic heterocycles. The first-order valence-electron chi connectivity index (χ1n) is 5.03. The molecule has 17 heavy (non-hydrogen) atoms. The molecular weight excluding hydrogens is 224 g/mol. The van der Waals surface area contributed by atoms with Gasteiger partial charge in [-0.05, 0) is 45.0 Å². The van der Waals surface area contributed by atoms with E-state index in [0.29, 0.717) is 0 Å². The third-order valence-electron chi connectivity index (χ3n) is 1.73. The monoisotopic (exact) mass is 238 g/mol. The van der Waals surface area contributed by atoms with Crippen LogP contribution in [-0.2, 0) is 9.78 Å². The van der Waals surface area contributed by atoms with Crippen LogP contribution in [-0.4, -0.2) is 22.6 Å². The van der Waals surface area contributed by atoms with Crippen LogP contribution >= 0.6 is 0 Å². The highest BCUT2D eigenvalue weighted by Gasteiger charge is 2.16. The van der Waals surface area contributed by atoms with Gasteiger partial charge in [0, 0.05) is 0 Å². The SMILES string of the molecule is CC(C)(C)OOC(=O)c1ccc(C(=O)O)cc1. The second-order valence-corrected chi connectivity index (χ2v) is 4.45. The third kappa shape index (κ3) is 4.24. The lowest BCUT2D eigenvalue weighted by Gasteiger charge is -2.16. The van der Waals surface area contributed by atoms with Gasteiger partial charge in [-0.1, -0.05) is 0 Å². The quantitative estimate of drug-likeness (QED) is 0.646. The maximum atomic E-state index is 11.5. The standard InChI is InChI=1S/C12H14O5/c1-12(2,3)17-16-11(15)9-6-4-8(5-7-9)10(13)14/h4-7H,1-3H3,(H,13,14). The Hall–Kier alpha value is -1.88. The van der Waals surface area contributed by atoms with Gasteiger partial charge in [0.05, 0.1) is 11.1 Å².